The number of amides is 2. The molecule has 13 nitrogen and oxygen atoms in total. The van der Waals surface area contributed by atoms with Gasteiger partial charge in [0.1, 0.15) is 29.4 Å². The monoisotopic (exact) mass is 697 g/mol. The number of nitrogens with two attached hydrogens (primary N) is 1. The molecule has 256 valence electrons. The number of alkyl carbamates (subject to hydrolysis) is 1. The van der Waals surface area contributed by atoms with E-state index in [0.717, 1.165) is 22.3 Å². The van der Waals surface area contributed by atoms with Crippen molar-refractivity contribution in [2.24, 2.45) is 17.6 Å². The molecule has 5 atom stereocenters. The molecule has 2 amide bonds. The van der Waals surface area contributed by atoms with Gasteiger partial charge < -0.3 is 41.3 Å². The van der Waals surface area contributed by atoms with Crippen molar-refractivity contribution in [1.29, 1.82) is 0 Å². The van der Waals surface area contributed by atoms with E-state index in [0.29, 0.717) is 5.56 Å². The van der Waals surface area contributed by atoms with E-state index in [-0.39, 0.29) is 28.9 Å². The second-order valence-corrected chi connectivity index (χ2v) is 13.2. The van der Waals surface area contributed by atoms with E-state index in [9.17, 15) is 44.7 Å². The summed E-state index contributed by atoms with van der Waals surface area (Å²) in [5.41, 5.74) is 4.96. The number of carbonyl (C=O) groups is 4. The maximum Gasteiger partial charge on any atom is 0.413 e. The third-order valence-corrected chi connectivity index (χ3v) is 10.5. The third kappa shape index (κ3) is 4.70. The fraction of sp³-hybridized carbons (Fsp3) is 0.250. The van der Waals surface area contributed by atoms with Crippen LogP contribution in [0.2, 0.25) is 0 Å². The Morgan fingerprint density at radius 2 is 1.60 bits per heavy atom. The Kier molecular flexibility index (Phi) is 7.77. The number of Topliss-reactive ketones (excluding diaryl/α,β-unsaturated/α-hetero) is 2. The summed E-state index contributed by atoms with van der Waals surface area (Å²) in [6.07, 6.45) is -3.17. The Labute approximate surface area is 289 Å². The van der Waals surface area contributed by atoms with Crippen LogP contribution in [0.15, 0.2) is 77.6 Å². The number of ether oxygens (including phenoxy) is 1. The van der Waals surface area contributed by atoms with Crippen molar-refractivity contribution in [3.8, 4) is 16.9 Å². The van der Waals surface area contributed by atoms with Crippen LogP contribution < -0.4 is 16.4 Å². The molecule has 1 saturated carbocycles. The lowest BCUT2D eigenvalue weighted by atomic mass is 9.55. The summed E-state index contributed by atoms with van der Waals surface area (Å²) in [5, 5.41) is 61.3. The molecule has 1 fully saturated rings. The average molecular weight is 698 g/mol. The van der Waals surface area contributed by atoms with Gasteiger partial charge >= 0.3 is 6.09 Å². The van der Waals surface area contributed by atoms with Crippen LogP contribution >= 0.6 is 12.2 Å². The van der Waals surface area contributed by atoms with E-state index >= 15 is 0 Å². The molecule has 4 aliphatic rings. The molecule has 0 spiro atoms. The van der Waals surface area contributed by atoms with Gasteiger partial charge in [0.2, 0.25) is 5.78 Å². The number of primary amides is 1. The Morgan fingerprint density at radius 1 is 0.980 bits per heavy atom. The minimum atomic E-state index is -2.95. The Morgan fingerprint density at radius 3 is 2.22 bits per heavy atom. The molecule has 0 heterocycles. The predicted octanol–water partition coefficient (Wildman–Crippen LogP) is 3.19. The number of carbonyl (C=O) groups excluding carboxylic acids is 4. The first kappa shape index (κ1) is 33.0. The molecule has 3 aromatic carbocycles. The third-order valence-electron chi connectivity index (χ3n) is 10.3. The molecule has 14 heteroatoms. The lowest BCUT2D eigenvalue weighted by Gasteiger charge is -2.50. The standard InChI is InChI=1S/C36H31N3O10S/c1-14-15-10-11-22(38-34(50)39-35(47)49-13-20-18-8-4-2-6-16(18)17-7-3-5-9-19(17)20)29(42)25(15)30(43)27-24(14)28(41)21-12-23(40)26(33(37)46)31(44)36(21,48)32(27)45/h2-11,14,20-21,24,28,41-44,48H,12-13H2,1H3,(H2,37,46)(H2,38,39,47,50)/t14-,21+,24+,28+,36+/m0/s1. The summed E-state index contributed by atoms with van der Waals surface area (Å²) in [6, 6.07) is 18.6. The first-order chi connectivity index (χ1) is 23.8. The molecule has 0 saturated heterocycles. The zero-order valence-corrected chi connectivity index (χ0v) is 27.2. The van der Waals surface area contributed by atoms with Gasteiger partial charge in [0.05, 0.1) is 17.4 Å². The number of anilines is 1. The fourth-order valence-corrected chi connectivity index (χ4v) is 8.17. The highest BCUT2D eigenvalue weighted by molar-refractivity contribution is 7.80. The van der Waals surface area contributed by atoms with Crippen molar-refractivity contribution < 1.29 is 49.4 Å². The van der Waals surface area contributed by atoms with Crippen molar-refractivity contribution in [2.75, 3.05) is 11.9 Å². The summed E-state index contributed by atoms with van der Waals surface area (Å²) in [6.45, 7) is 1.64. The number of aromatic hydroxyl groups is 1. The molecular weight excluding hydrogens is 666 g/mol. The summed E-state index contributed by atoms with van der Waals surface area (Å²) in [5.74, 6) is -9.94. The first-order valence-electron chi connectivity index (χ1n) is 15.7. The predicted molar refractivity (Wildman–Crippen MR) is 182 cm³/mol. The molecule has 0 aliphatic heterocycles. The highest BCUT2D eigenvalue weighted by Crippen LogP contribution is 2.56. The highest BCUT2D eigenvalue weighted by atomic mass is 32.1. The normalized spacial score (nSPS) is 25.2. The van der Waals surface area contributed by atoms with Crippen molar-refractivity contribution in [2.45, 2.75) is 36.9 Å². The zero-order valence-electron chi connectivity index (χ0n) is 26.3. The maximum atomic E-state index is 13.9. The van der Waals surface area contributed by atoms with Crippen LogP contribution in [0.5, 0.6) is 5.75 Å². The van der Waals surface area contributed by atoms with E-state index in [1.54, 1.807) is 6.92 Å². The largest absolute Gasteiger partial charge is 0.508 e. The SMILES string of the molecule is C[C@H]1c2ccc(NC(=S)NC(=O)OCC3c4ccccc4-c4ccccc43)c(O)c2C(O)=C2C(=O)[C@]3(O)C(O)=C(C(N)=O)C(=O)C[C@@H]3[C@@H](O)[C@@H]21. The Balaban J connectivity index is 1.12. The number of hydrogen-bond donors (Lipinski definition) is 8. The quantitative estimate of drug-likeness (QED) is 0.112. The van der Waals surface area contributed by atoms with Gasteiger partial charge in [0, 0.05) is 29.7 Å². The first-order valence-corrected chi connectivity index (χ1v) is 16.1. The molecule has 3 aromatic rings. The van der Waals surface area contributed by atoms with Gasteiger partial charge in [-0.25, -0.2) is 4.79 Å². The number of rotatable bonds is 4. The number of aliphatic hydroxyl groups excluding tert-OH is 3. The fourth-order valence-electron chi connectivity index (χ4n) is 7.98. The van der Waals surface area contributed by atoms with Gasteiger partial charge in [0.25, 0.3) is 5.91 Å². The Bertz CT molecular complexity index is 2080. The molecule has 4 aliphatic carbocycles. The van der Waals surface area contributed by atoms with Crippen molar-refractivity contribution in [3.63, 3.8) is 0 Å². The topological polar surface area (TPSA) is 229 Å². The summed E-state index contributed by atoms with van der Waals surface area (Å²) in [7, 11) is 0. The molecule has 0 radical (unpaired) electrons. The van der Waals surface area contributed by atoms with Gasteiger partial charge in [-0.05, 0) is 52.0 Å². The van der Waals surface area contributed by atoms with E-state index < -0.39 is 87.9 Å². The average Bonchev–Trinajstić information content (AvgIpc) is 3.40. The number of fused-ring (bicyclic) bond motifs is 6. The number of hydrogen-bond acceptors (Lipinski definition) is 11. The lowest BCUT2D eigenvalue weighted by Crippen LogP contribution is -2.63. The van der Waals surface area contributed by atoms with Gasteiger partial charge in [0.15, 0.2) is 16.5 Å². The second kappa shape index (κ2) is 11.8. The van der Waals surface area contributed by atoms with Crippen LogP contribution in [0.1, 0.15) is 47.4 Å². The van der Waals surface area contributed by atoms with Gasteiger partial charge in [-0.3, -0.25) is 19.7 Å². The van der Waals surface area contributed by atoms with Crippen molar-refractivity contribution in [3.05, 3.63) is 99.8 Å². The van der Waals surface area contributed by atoms with Crippen LogP contribution in [-0.2, 0) is 19.1 Å². The molecule has 9 N–H and O–H groups in total. The Hall–Kier alpha value is -5.57. The second-order valence-electron chi connectivity index (χ2n) is 12.8. The maximum absolute atomic E-state index is 13.9. The summed E-state index contributed by atoms with van der Waals surface area (Å²) >= 11 is 5.29. The summed E-state index contributed by atoms with van der Waals surface area (Å²) < 4.78 is 5.52. The smallest absolute Gasteiger partial charge is 0.413 e. The molecule has 0 bridgehead atoms. The minimum Gasteiger partial charge on any atom is -0.508 e. The number of ketones is 2. The molecule has 7 rings (SSSR count). The van der Waals surface area contributed by atoms with E-state index in [1.165, 1.54) is 12.1 Å². The van der Waals surface area contributed by atoms with Crippen LogP contribution in [0, 0.1) is 11.8 Å². The van der Waals surface area contributed by atoms with Crippen LogP contribution in [0.3, 0.4) is 0 Å². The molecule has 0 unspecified atom stereocenters. The zero-order chi connectivity index (χ0) is 35.8. The number of phenolic OH excluding ortho intramolecular Hbond substituents is 1. The number of nitrogens with one attached hydrogen (secondary N) is 2. The van der Waals surface area contributed by atoms with Crippen LogP contribution in [0.4, 0.5) is 10.5 Å². The lowest BCUT2D eigenvalue weighted by molar-refractivity contribution is -0.160. The number of aliphatic hydroxyl groups is 4. The van der Waals surface area contributed by atoms with Gasteiger partial charge in [-0.1, -0.05) is 61.5 Å². The molecular formula is C36H31N3O10S. The number of thiocarbonyl (C=S) groups is 1. The van der Waals surface area contributed by atoms with E-state index in [2.05, 4.69) is 10.6 Å². The van der Waals surface area contributed by atoms with Crippen LogP contribution in [0.25, 0.3) is 16.9 Å². The number of phenols is 1. The summed E-state index contributed by atoms with van der Waals surface area (Å²) in [4.78, 5) is 51.2. The highest BCUT2D eigenvalue weighted by Gasteiger charge is 2.65. The minimum absolute atomic E-state index is 0.0278. The molecule has 50 heavy (non-hydrogen) atoms. The molecule has 0 aromatic heterocycles. The number of benzene rings is 3. The van der Waals surface area contributed by atoms with Gasteiger partial charge in [-0.2, -0.15) is 0 Å². The van der Waals surface area contributed by atoms with Gasteiger partial charge in [-0.15, -0.1) is 0 Å². The van der Waals surface area contributed by atoms with Crippen molar-refractivity contribution >= 4 is 52.3 Å². The van der Waals surface area contributed by atoms with E-state index in [1.807, 2.05) is 48.5 Å². The van der Waals surface area contributed by atoms with Crippen molar-refractivity contribution in [1.82, 2.24) is 5.32 Å². The van der Waals surface area contributed by atoms with Crippen LogP contribution in [-0.4, -0.2) is 72.5 Å². The van der Waals surface area contributed by atoms with E-state index in [4.69, 9.17) is 22.7 Å².